The van der Waals surface area contributed by atoms with E-state index in [9.17, 15) is 22.8 Å². The van der Waals surface area contributed by atoms with Crippen LogP contribution in [0.15, 0.2) is 54.9 Å². The molecule has 1 atom stereocenters. The Bertz CT molecular complexity index is 1800. The maximum absolute atomic E-state index is 13.0. The quantitative estimate of drug-likeness (QED) is 0.256. The number of aromatic amines is 1. The van der Waals surface area contributed by atoms with E-state index in [1.54, 1.807) is 29.5 Å². The molecule has 41 heavy (non-hydrogen) atoms. The van der Waals surface area contributed by atoms with Gasteiger partial charge >= 0.3 is 6.18 Å². The second-order valence-corrected chi connectivity index (χ2v) is 11.0. The molecule has 3 N–H and O–H groups in total. The van der Waals surface area contributed by atoms with Gasteiger partial charge < -0.3 is 10.6 Å². The summed E-state index contributed by atoms with van der Waals surface area (Å²) in [5.74, 6) is -2.11. The number of nitrogens with one attached hydrogen (secondary N) is 3. The van der Waals surface area contributed by atoms with Gasteiger partial charge in [0.1, 0.15) is 17.7 Å². The van der Waals surface area contributed by atoms with Crippen LogP contribution >= 0.6 is 11.3 Å². The van der Waals surface area contributed by atoms with Crippen LogP contribution in [-0.4, -0.2) is 37.0 Å². The van der Waals surface area contributed by atoms with Crippen LogP contribution in [0.4, 0.5) is 13.2 Å². The maximum atomic E-state index is 13.0. The van der Waals surface area contributed by atoms with E-state index >= 15 is 0 Å². The largest absolute Gasteiger partial charge is 0.451 e. The highest BCUT2D eigenvalue weighted by Gasteiger charge is 2.35. The highest BCUT2D eigenvalue weighted by Crippen LogP contribution is 2.34. The maximum Gasteiger partial charge on any atom is 0.451 e. The lowest BCUT2D eigenvalue weighted by atomic mass is 10.0. The van der Waals surface area contributed by atoms with Crippen LogP contribution in [0, 0.1) is 6.92 Å². The van der Waals surface area contributed by atoms with Gasteiger partial charge in [0.05, 0.1) is 6.04 Å². The van der Waals surface area contributed by atoms with Crippen molar-refractivity contribution in [1.29, 1.82) is 0 Å². The van der Waals surface area contributed by atoms with Gasteiger partial charge in [0.25, 0.3) is 11.8 Å². The summed E-state index contributed by atoms with van der Waals surface area (Å²) in [6, 6.07) is 14.3. The summed E-state index contributed by atoms with van der Waals surface area (Å²) >= 11 is 1.69. The average Bonchev–Trinajstić information content (AvgIpc) is 3.69. The Morgan fingerprint density at radius 3 is 2.63 bits per heavy atom. The number of carbonyl (C=O) groups excluding carboxylic acids is 2. The zero-order valence-electron chi connectivity index (χ0n) is 21.5. The summed E-state index contributed by atoms with van der Waals surface area (Å²) in [5.41, 5.74) is 3.24. The molecule has 2 aromatic carbocycles. The fraction of sp³-hybridized carbons (Fsp3) is 0.214. The van der Waals surface area contributed by atoms with Gasteiger partial charge in [-0.2, -0.15) is 18.3 Å². The van der Waals surface area contributed by atoms with Gasteiger partial charge in [0, 0.05) is 27.8 Å². The van der Waals surface area contributed by atoms with Crippen LogP contribution in [-0.2, 0) is 19.1 Å². The second-order valence-electron chi connectivity index (χ2n) is 9.68. The Morgan fingerprint density at radius 1 is 1.05 bits per heavy atom. The summed E-state index contributed by atoms with van der Waals surface area (Å²) in [4.78, 5) is 38.6. The Labute approximate surface area is 235 Å². The molecule has 0 saturated heterocycles. The molecule has 6 rings (SSSR count). The molecule has 0 bridgehead atoms. The van der Waals surface area contributed by atoms with Crippen molar-refractivity contribution in [2.24, 2.45) is 0 Å². The van der Waals surface area contributed by atoms with Crippen LogP contribution in [0.5, 0.6) is 0 Å². The Balaban J connectivity index is 1.10. The topological polar surface area (TPSA) is 126 Å². The molecule has 0 fully saturated rings. The highest BCUT2D eigenvalue weighted by atomic mass is 32.1. The van der Waals surface area contributed by atoms with Gasteiger partial charge in [0.15, 0.2) is 5.82 Å². The van der Waals surface area contributed by atoms with Crippen LogP contribution < -0.4 is 10.6 Å². The van der Waals surface area contributed by atoms with E-state index in [1.165, 1.54) is 17.3 Å². The summed E-state index contributed by atoms with van der Waals surface area (Å²) in [5, 5.41) is 12.5. The van der Waals surface area contributed by atoms with Crippen molar-refractivity contribution in [3.05, 3.63) is 93.6 Å². The van der Waals surface area contributed by atoms with Crippen molar-refractivity contribution in [1.82, 2.24) is 35.8 Å². The highest BCUT2D eigenvalue weighted by molar-refractivity contribution is 7.19. The molecule has 3 aromatic heterocycles. The first kappa shape index (κ1) is 26.6. The van der Waals surface area contributed by atoms with Crippen molar-refractivity contribution in [2.75, 3.05) is 0 Å². The molecule has 2 amide bonds. The molecule has 208 valence electrons. The Kier molecular flexibility index (Phi) is 6.73. The molecule has 0 saturated carbocycles. The van der Waals surface area contributed by atoms with Gasteiger partial charge in [-0.15, -0.1) is 11.3 Å². The van der Waals surface area contributed by atoms with Gasteiger partial charge in [-0.1, -0.05) is 24.3 Å². The summed E-state index contributed by atoms with van der Waals surface area (Å²) in [6.45, 7) is 2.36. The lowest BCUT2D eigenvalue weighted by Crippen LogP contribution is -2.29. The first-order chi connectivity index (χ1) is 19.6. The van der Waals surface area contributed by atoms with Crippen molar-refractivity contribution >= 4 is 33.2 Å². The number of H-pyrrole nitrogens is 1. The number of fused-ring (bicyclic) bond motifs is 2. The monoisotopic (exact) mass is 577 g/mol. The van der Waals surface area contributed by atoms with E-state index in [-0.39, 0.29) is 23.3 Å². The fourth-order valence-electron chi connectivity index (χ4n) is 4.85. The summed E-state index contributed by atoms with van der Waals surface area (Å²) in [7, 11) is 0. The minimum atomic E-state index is -4.61. The Morgan fingerprint density at radius 2 is 1.85 bits per heavy atom. The molecule has 5 aromatic rings. The Hall–Kier alpha value is -4.65. The van der Waals surface area contributed by atoms with Crippen molar-refractivity contribution in [3.8, 4) is 11.4 Å². The number of alkyl halides is 3. The summed E-state index contributed by atoms with van der Waals surface area (Å²) in [6.07, 6.45) is -2.24. The number of aromatic nitrogens is 5. The van der Waals surface area contributed by atoms with Crippen molar-refractivity contribution in [3.63, 3.8) is 0 Å². The molecule has 0 radical (unpaired) electrons. The third kappa shape index (κ3) is 5.53. The SMILES string of the molecule is Cc1cc2ccc(CNC(=O)c3cc(C(=O)N[C@@H]4CCc5cc(-c6n[nH]c(C(F)(F)F)n6)ccc54)ncn3)cc2s1. The van der Waals surface area contributed by atoms with E-state index in [2.05, 4.69) is 43.7 Å². The average molecular weight is 578 g/mol. The number of amides is 2. The molecular weight excluding hydrogens is 555 g/mol. The van der Waals surface area contributed by atoms with Gasteiger partial charge in [-0.05, 0) is 60.0 Å². The van der Waals surface area contributed by atoms with E-state index in [4.69, 9.17) is 0 Å². The van der Waals surface area contributed by atoms with Crippen LogP contribution in [0.1, 0.15) is 60.8 Å². The first-order valence-electron chi connectivity index (χ1n) is 12.7. The lowest BCUT2D eigenvalue weighted by Gasteiger charge is -2.14. The molecule has 0 unspecified atom stereocenters. The minimum absolute atomic E-state index is 0.0473. The van der Waals surface area contributed by atoms with E-state index < -0.39 is 23.8 Å². The number of hydrogen-bond donors (Lipinski definition) is 3. The number of rotatable bonds is 6. The molecule has 0 spiro atoms. The number of hydrogen-bond acceptors (Lipinski definition) is 7. The molecule has 9 nitrogen and oxygen atoms in total. The molecular formula is C28H22F3N7O2S. The predicted molar refractivity (Wildman–Crippen MR) is 145 cm³/mol. The number of carbonyl (C=O) groups is 2. The number of benzene rings is 2. The number of halogens is 3. The molecule has 1 aliphatic rings. The van der Waals surface area contributed by atoms with E-state index in [1.807, 2.05) is 23.3 Å². The third-order valence-electron chi connectivity index (χ3n) is 6.83. The minimum Gasteiger partial charge on any atom is -0.347 e. The van der Waals surface area contributed by atoms with Crippen LogP contribution in [0.2, 0.25) is 0 Å². The predicted octanol–water partition coefficient (Wildman–Crippen LogP) is 5.15. The number of aryl methyl sites for hydroxylation is 2. The van der Waals surface area contributed by atoms with Gasteiger partial charge in [-0.3, -0.25) is 14.7 Å². The van der Waals surface area contributed by atoms with E-state index in [0.717, 1.165) is 26.8 Å². The van der Waals surface area contributed by atoms with Gasteiger partial charge in [-0.25, -0.2) is 15.0 Å². The van der Waals surface area contributed by atoms with Crippen molar-refractivity contribution in [2.45, 2.75) is 38.5 Å². The fourth-order valence-corrected chi connectivity index (χ4v) is 5.84. The molecule has 13 heteroatoms. The van der Waals surface area contributed by atoms with Crippen LogP contribution in [0.3, 0.4) is 0 Å². The smallest absolute Gasteiger partial charge is 0.347 e. The van der Waals surface area contributed by atoms with E-state index in [0.29, 0.717) is 24.9 Å². The second kappa shape index (κ2) is 10.4. The first-order valence-corrected chi connectivity index (χ1v) is 13.5. The molecule has 1 aliphatic carbocycles. The van der Waals surface area contributed by atoms with Gasteiger partial charge in [0.2, 0.25) is 5.82 Å². The molecule has 3 heterocycles. The molecule has 0 aliphatic heterocycles. The zero-order valence-corrected chi connectivity index (χ0v) is 22.4. The summed E-state index contributed by atoms with van der Waals surface area (Å²) < 4.78 is 39.8. The van der Waals surface area contributed by atoms with Crippen LogP contribution in [0.25, 0.3) is 21.5 Å². The lowest BCUT2D eigenvalue weighted by molar-refractivity contribution is -0.144. The number of nitrogens with zero attached hydrogens (tertiary/aromatic N) is 4. The standard InChI is InChI=1S/C28H22F3N7O2S/c1-14-8-17-3-2-15(9-23(17)41-14)12-32-25(39)21-11-22(34-13-33-21)26(40)35-20-7-5-16-10-18(4-6-19(16)20)24-36-27(38-37-24)28(29,30)31/h2-4,6,8-11,13,20H,5,7,12H2,1H3,(H,32,39)(H,35,40)(H,36,37,38)/t20-/m1/s1. The third-order valence-corrected chi connectivity index (χ3v) is 7.84. The number of thiophene rings is 1. The van der Waals surface area contributed by atoms with Crippen molar-refractivity contribution < 1.29 is 22.8 Å². The normalized spacial score (nSPS) is 14.7. The zero-order chi connectivity index (χ0) is 28.7.